The number of aromatic nitrogens is 4. The molecule has 0 atom stereocenters. The summed E-state index contributed by atoms with van der Waals surface area (Å²) in [5.41, 5.74) is 7.43. The molecule has 0 unspecified atom stereocenters. The van der Waals surface area contributed by atoms with Gasteiger partial charge in [0.25, 0.3) is 5.56 Å². The molecule has 0 aliphatic carbocycles. The number of hydrogen-bond acceptors (Lipinski definition) is 7. The van der Waals surface area contributed by atoms with Gasteiger partial charge in [-0.05, 0) is 42.3 Å². The highest BCUT2D eigenvalue weighted by Crippen LogP contribution is 2.19. The van der Waals surface area contributed by atoms with Crippen LogP contribution in [0.1, 0.15) is 12.0 Å². The number of carbonyl (C=O) groups excluding carboxylic acids is 1. The van der Waals surface area contributed by atoms with Crippen LogP contribution in [0.3, 0.4) is 0 Å². The fourth-order valence-electron chi connectivity index (χ4n) is 3.15. The molecule has 0 saturated carbocycles. The summed E-state index contributed by atoms with van der Waals surface area (Å²) in [6.45, 7) is 0. The number of imidazole rings is 1. The summed E-state index contributed by atoms with van der Waals surface area (Å²) in [5, 5.41) is 2.78. The first-order chi connectivity index (χ1) is 15.2. The van der Waals surface area contributed by atoms with E-state index in [-0.39, 0.29) is 29.4 Å². The summed E-state index contributed by atoms with van der Waals surface area (Å²) in [6.07, 6.45) is 1.91. The van der Waals surface area contributed by atoms with Crippen LogP contribution in [-0.2, 0) is 21.4 Å². The molecule has 12 heteroatoms. The third kappa shape index (κ3) is 4.49. The monoisotopic (exact) mass is 456 g/mol. The van der Waals surface area contributed by atoms with Gasteiger partial charge < -0.3 is 11.1 Å². The van der Waals surface area contributed by atoms with Crippen LogP contribution in [0.2, 0.25) is 0 Å². The van der Waals surface area contributed by atoms with Gasteiger partial charge in [-0.1, -0.05) is 18.2 Å². The molecule has 164 valence electrons. The lowest BCUT2D eigenvalue weighted by molar-refractivity contribution is -0.116. The highest BCUT2D eigenvalue weighted by Gasteiger charge is 2.13. The molecule has 2 aromatic carbocycles. The van der Waals surface area contributed by atoms with Gasteiger partial charge in [0.1, 0.15) is 6.33 Å². The van der Waals surface area contributed by atoms with Crippen LogP contribution in [0.4, 0.5) is 15.5 Å². The number of hydrogen-bond donors (Lipinski definition) is 3. The van der Waals surface area contributed by atoms with Crippen LogP contribution in [-0.4, -0.2) is 33.8 Å². The molecular weight excluding hydrogens is 439 g/mol. The minimum absolute atomic E-state index is 0.0362. The molecule has 4 N–H and O–H groups in total. The topological polar surface area (TPSA) is 153 Å². The molecule has 0 fully saturated rings. The number of halogens is 1. The van der Waals surface area contributed by atoms with E-state index < -0.39 is 20.7 Å². The zero-order valence-electron chi connectivity index (χ0n) is 16.4. The predicted octanol–water partition coefficient (Wildman–Crippen LogP) is 1.92. The lowest BCUT2D eigenvalue weighted by Crippen LogP contribution is -2.13. The third-order valence-corrected chi connectivity index (χ3v) is 5.51. The van der Waals surface area contributed by atoms with Crippen LogP contribution in [0.25, 0.3) is 16.9 Å². The van der Waals surface area contributed by atoms with Gasteiger partial charge in [0.05, 0.1) is 10.6 Å². The van der Waals surface area contributed by atoms with Crippen LogP contribution in [0.15, 0.2) is 64.5 Å². The number of nitrogens with one attached hydrogen (secondary N) is 2. The predicted molar refractivity (Wildman–Crippen MR) is 116 cm³/mol. The molecule has 0 aliphatic heterocycles. The van der Waals surface area contributed by atoms with Crippen molar-refractivity contribution in [2.24, 2.45) is 0 Å². The Morgan fingerprint density at radius 3 is 2.66 bits per heavy atom. The SMILES string of the molecule is Nc1nc2c(ncn2-c2cccc(NC(=O)CCc3ccc(S(=O)(=O)F)cc3)c2)c(=O)[nH]1. The first-order valence-electron chi connectivity index (χ1n) is 9.37. The Morgan fingerprint density at radius 2 is 1.94 bits per heavy atom. The van der Waals surface area contributed by atoms with Crippen molar-refractivity contribution in [3.05, 3.63) is 70.8 Å². The number of amides is 1. The molecule has 0 spiro atoms. The minimum atomic E-state index is -4.75. The van der Waals surface area contributed by atoms with E-state index in [0.717, 1.165) is 12.1 Å². The summed E-state index contributed by atoms with van der Waals surface area (Å²) < 4.78 is 36.3. The number of aromatic amines is 1. The van der Waals surface area contributed by atoms with Crippen molar-refractivity contribution in [2.75, 3.05) is 11.1 Å². The van der Waals surface area contributed by atoms with E-state index in [1.165, 1.54) is 18.5 Å². The van der Waals surface area contributed by atoms with E-state index in [1.54, 1.807) is 28.8 Å². The van der Waals surface area contributed by atoms with Crippen molar-refractivity contribution >= 4 is 38.9 Å². The second-order valence-electron chi connectivity index (χ2n) is 6.92. The van der Waals surface area contributed by atoms with E-state index in [4.69, 9.17) is 5.73 Å². The van der Waals surface area contributed by atoms with Crippen molar-refractivity contribution < 1.29 is 17.1 Å². The zero-order chi connectivity index (χ0) is 22.9. The number of fused-ring (bicyclic) bond motifs is 1. The van der Waals surface area contributed by atoms with E-state index in [0.29, 0.717) is 23.4 Å². The number of benzene rings is 2. The zero-order valence-corrected chi connectivity index (χ0v) is 17.3. The highest BCUT2D eigenvalue weighted by molar-refractivity contribution is 7.86. The average molecular weight is 456 g/mol. The molecule has 0 radical (unpaired) electrons. The standard InChI is InChI=1S/C20H17FN6O4S/c21-32(30,31)15-7-4-12(5-8-15)6-9-16(28)24-13-2-1-3-14(10-13)27-11-23-17-18(27)25-20(22)26-19(17)29/h1-5,7-8,10-11H,6,9H2,(H,24,28)(H3,22,25,26,29). The summed E-state index contributed by atoms with van der Waals surface area (Å²) in [6, 6.07) is 12.1. The Balaban J connectivity index is 1.46. The van der Waals surface area contributed by atoms with Crippen LogP contribution in [0.5, 0.6) is 0 Å². The Kier molecular flexibility index (Phi) is 5.45. The summed E-state index contributed by atoms with van der Waals surface area (Å²) in [5.74, 6) is -0.301. The molecule has 4 aromatic rings. The smallest absolute Gasteiger partial charge is 0.332 e. The van der Waals surface area contributed by atoms with Gasteiger partial charge in [-0.25, -0.2) is 4.98 Å². The first-order valence-corrected chi connectivity index (χ1v) is 10.8. The van der Waals surface area contributed by atoms with Gasteiger partial charge in [-0.15, -0.1) is 3.89 Å². The van der Waals surface area contributed by atoms with Crippen molar-refractivity contribution in [3.63, 3.8) is 0 Å². The van der Waals surface area contributed by atoms with Gasteiger partial charge in [0.2, 0.25) is 11.9 Å². The molecule has 0 aliphatic rings. The number of nitrogens with two attached hydrogens (primary N) is 1. The van der Waals surface area contributed by atoms with Crippen LogP contribution < -0.4 is 16.6 Å². The fraction of sp³-hybridized carbons (Fsp3) is 0.100. The highest BCUT2D eigenvalue weighted by atomic mass is 32.3. The first kappa shape index (κ1) is 21.2. The maximum Gasteiger partial charge on any atom is 0.332 e. The lowest BCUT2D eigenvalue weighted by Gasteiger charge is -2.09. The molecule has 32 heavy (non-hydrogen) atoms. The average Bonchev–Trinajstić information content (AvgIpc) is 3.16. The number of aryl methyl sites for hydroxylation is 1. The summed E-state index contributed by atoms with van der Waals surface area (Å²) in [7, 11) is -4.75. The Bertz CT molecular complexity index is 1480. The molecule has 1 amide bonds. The minimum Gasteiger partial charge on any atom is -0.369 e. The number of anilines is 2. The van der Waals surface area contributed by atoms with E-state index >= 15 is 0 Å². The van der Waals surface area contributed by atoms with Crippen LogP contribution in [0, 0.1) is 0 Å². The van der Waals surface area contributed by atoms with E-state index in [2.05, 4.69) is 20.3 Å². The molecule has 2 heterocycles. The van der Waals surface area contributed by atoms with Crippen molar-refractivity contribution in [3.8, 4) is 5.69 Å². The number of nitrogen functional groups attached to an aromatic ring is 1. The molecule has 0 bridgehead atoms. The third-order valence-electron chi connectivity index (χ3n) is 4.68. The number of carbonyl (C=O) groups is 1. The molecule has 2 aromatic heterocycles. The van der Waals surface area contributed by atoms with Gasteiger partial charge >= 0.3 is 10.2 Å². The van der Waals surface area contributed by atoms with E-state index in [9.17, 15) is 21.9 Å². The Morgan fingerprint density at radius 1 is 1.19 bits per heavy atom. The Labute approximate surface area is 181 Å². The number of nitrogens with zero attached hydrogens (tertiary/aromatic N) is 3. The summed E-state index contributed by atoms with van der Waals surface area (Å²) in [4.78, 5) is 34.5. The second kappa shape index (κ2) is 8.23. The maximum absolute atomic E-state index is 12.9. The van der Waals surface area contributed by atoms with Crippen molar-refractivity contribution in [1.82, 2.24) is 19.5 Å². The quantitative estimate of drug-likeness (QED) is 0.375. The lowest BCUT2D eigenvalue weighted by atomic mass is 10.1. The fourth-order valence-corrected chi connectivity index (χ4v) is 3.61. The van der Waals surface area contributed by atoms with Gasteiger partial charge in [-0.2, -0.15) is 13.4 Å². The normalized spacial score (nSPS) is 11.5. The number of H-pyrrole nitrogens is 1. The maximum atomic E-state index is 12.9. The number of rotatable bonds is 6. The molecular formula is C20H17FN6O4S. The molecule has 4 rings (SSSR count). The molecule has 0 saturated heterocycles. The summed E-state index contributed by atoms with van der Waals surface area (Å²) >= 11 is 0. The largest absolute Gasteiger partial charge is 0.369 e. The van der Waals surface area contributed by atoms with Crippen LogP contribution >= 0.6 is 0 Å². The second-order valence-corrected chi connectivity index (χ2v) is 8.27. The van der Waals surface area contributed by atoms with Gasteiger partial charge in [-0.3, -0.25) is 19.1 Å². The van der Waals surface area contributed by atoms with Crippen molar-refractivity contribution in [1.29, 1.82) is 0 Å². The van der Waals surface area contributed by atoms with Gasteiger partial charge in [0.15, 0.2) is 11.2 Å². The van der Waals surface area contributed by atoms with Crippen molar-refractivity contribution in [2.45, 2.75) is 17.7 Å². The van der Waals surface area contributed by atoms with Gasteiger partial charge in [0, 0.05) is 12.1 Å². The van der Waals surface area contributed by atoms with E-state index in [1.807, 2.05) is 0 Å². The molecule has 10 nitrogen and oxygen atoms in total. The Hall–Kier alpha value is -4.06.